The number of halogens is 2. The predicted octanol–water partition coefficient (Wildman–Crippen LogP) is 1.96. The lowest BCUT2D eigenvalue weighted by molar-refractivity contribution is -0.138. The first-order valence-corrected chi connectivity index (χ1v) is 13.9. The van der Waals surface area contributed by atoms with E-state index >= 15 is 0 Å². The van der Waals surface area contributed by atoms with Crippen LogP contribution in [0.2, 0.25) is 10.0 Å². The zero-order valence-corrected chi connectivity index (χ0v) is 23.5. The molecule has 0 spiro atoms. The van der Waals surface area contributed by atoms with Crippen LogP contribution in [0.15, 0.2) is 36.4 Å². The van der Waals surface area contributed by atoms with Crippen LogP contribution in [0.25, 0.3) is 0 Å². The summed E-state index contributed by atoms with van der Waals surface area (Å²) >= 11 is 12.0. The molecule has 4 rings (SSSR count). The number of anilines is 1. The minimum absolute atomic E-state index is 0.00484. The fourth-order valence-electron chi connectivity index (χ4n) is 5.09. The van der Waals surface area contributed by atoms with Gasteiger partial charge in [-0.05, 0) is 49.4 Å². The third-order valence-electron chi connectivity index (χ3n) is 7.25. The number of cyclic esters (lactones) is 1. The summed E-state index contributed by atoms with van der Waals surface area (Å²) in [5, 5.41) is 35.6. The number of hydrogen-bond donors (Lipinski definition) is 5. The topological polar surface area (TPSA) is 166 Å². The van der Waals surface area contributed by atoms with Crippen LogP contribution in [0, 0.1) is 5.92 Å². The summed E-state index contributed by atoms with van der Waals surface area (Å²) in [5.74, 6) is -2.91. The molecule has 220 valence electrons. The maximum absolute atomic E-state index is 14.1. The van der Waals surface area contributed by atoms with Gasteiger partial charge in [-0.25, -0.2) is 0 Å². The van der Waals surface area contributed by atoms with Crippen molar-refractivity contribution in [2.24, 2.45) is 5.92 Å². The van der Waals surface area contributed by atoms with Crippen LogP contribution >= 0.6 is 23.2 Å². The number of hydrogen-bond acceptors (Lipinski definition) is 9. The maximum atomic E-state index is 14.1. The number of benzene rings is 2. The minimum Gasteiger partial charge on any atom is -0.505 e. The molecule has 13 heteroatoms. The molecule has 2 aromatic carbocycles. The number of fused-ring (bicyclic) bond motifs is 1. The second-order valence-electron chi connectivity index (χ2n) is 10.1. The number of aliphatic hydroxyl groups is 2. The molecule has 4 atom stereocenters. The van der Waals surface area contributed by atoms with Gasteiger partial charge in [-0.15, -0.1) is 0 Å². The minimum atomic E-state index is -1.23. The van der Waals surface area contributed by atoms with E-state index in [0.29, 0.717) is 18.5 Å². The van der Waals surface area contributed by atoms with E-state index in [2.05, 4.69) is 10.6 Å². The van der Waals surface area contributed by atoms with Crippen LogP contribution in [0.4, 0.5) is 5.69 Å². The zero-order chi connectivity index (χ0) is 29.7. The largest absolute Gasteiger partial charge is 0.505 e. The number of carbonyl (C=O) groups excluding carboxylic acids is 4. The number of nitrogens with one attached hydrogen (secondary N) is 2. The Balaban J connectivity index is 1.66. The van der Waals surface area contributed by atoms with Gasteiger partial charge in [0.25, 0.3) is 5.91 Å². The van der Waals surface area contributed by atoms with Crippen molar-refractivity contribution in [1.29, 1.82) is 0 Å². The van der Waals surface area contributed by atoms with Crippen molar-refractivity contribution in [2.45, 2.75) is 50.4 Å². The molecule has 41 heavy (non-hydrogen) atoms. The van der Waals surface area contributed by atoms with Gasteiger partial charge in [0.15, 0.2) is 11.5 Å². The van der Waals surface area contributed by atoms with E-state index in [-0.39, 0.29) is 65.5 Å². The molecular formula is C28H31Cl2N3O8. The first-order chi connectivity index (χ1) is 19.6. The molecule has 2 aromatic rings. The molecule has 2 aliphatic rings. The molecule has 0 radical (unpaired) electrons. The highest BCUT2D eigenvalue weighted by Crippen LogP contribution is 2.33. The number of aliphatic hydroxyl groups excluding tert-OH is 2. The molecule has 2 aliphatic heterocycles. The Morgan fingerprint density at radius 1 is 1.10 bits per heavy atom. The molecule has 1 saturated heterocycles. The number of ether oxygens (including phenoxy) is 1. The van der Waals surface area contributed by atoms with Gasteiger partial charge in [-0.3, -0.25) is 24.5 Å². The van der Waals surface area contributed by atoms with Gasteiger partial charge in [-0.1, -0.05) is 41.4 Å². The van der Waals surface area contributed by atoms with E-state index in [1.54, 1.807) is 18.2 Å². The van der Waals surface area contributed by atoms with E-state index < -0.39 is 42.7 Å². The molecule has 11 nitrogen and oxygen atoms in total. The van der Waals surface area contributed by atoms with Crippen molar-refractivity contribution in [3.8, 4) is 5.75 Å². The third kappa shape index (κ3) is 7.55. The summed E-state index contributed by atoms with van der Waals surface area (Å²) in [5.41, 5.74) is 1.24. The molecule has 0 aliphatic carbocycles. The molecule has 0 aromatic heterocycles. The molecule has 0 saturated carbocycles. The second-order valence-corrected chi connectivity index (χ2v) is 10.9. The van der Waals surface area contributed by atoms with Crippen LogP contribution < -0.4 is 15.5 Å². The van der Waals surface area contributed by atoms with Crippen molar-refractivity contribution < 1.29 is 39.2 Å². The number of aromatic hydroxyl groups is 1. The van der Waals surface area contributed by atoms with E-state index in [1.807, 2.05) is 6.07 Å². The Bertz CT molecular complexity index is 1300. The molecule has 1 fully saturated rings. The Morgan fingerprint density at radius 2 is 1.80 bits per heavy atom. The normalized spacial score (nSPS) is 22.0. The number of nitrogens with zero attached hydrogens (tertiary/aromatic N) is 1. The number of amides is 2. The van der Waals surface area contributed by atoms with Gasteiger partial charge in [0.1, 0.15) is 25.5 Å². The van der Waals surface area contributed by atoms with Crippen LogP contribution in [-0.4, -0.2) is 77.0 Å². The van der Waals surface area contributed by atoms with Crippen molar-refractivity contribution >= 4 is 52.5 Å². The number of Topliss-reactive ketones (excluding diaryl/α,β-unsaturated/α-hetero) is 1. The van der Waals surface area contributed by atoms with Crippen molar-refractivity contribution in [3.63, 3.8) is 0 Å². The monoisotopic (exact) mass is 607 g/mol. The Hall–Kier alpha value is -3.22. The van der Waals surface area contributed by atoms with Gasteiger partial charge >= 0.3 is 5.97 Å². The number of para-hydroxylation sites is 1. The van der Waals surface area contributed by atoms with E-state index in [0.717, 1.165) is 5.56 Å². The first-order valence-electron chi connectivity index (χ1n) is 13.2. The summed E-state index contributed by atoms with van der Waals surface area (Å²) in [7, 11) is 0. The zero-order valence-electron chi connectivity index (χ0n) is 22.0. The van der Waals surface area contributed by atoms with Crippen LogP contribution in [0.3, 0.4) is 0 Å². The fraction of sp³-hybridized carbons (Fsp3) is 0.429. The van der Waals surface area contributed by atoms with Crippen molar-refractivity contribution in [1.82, 2.24) is 10.6 Å². The fourth-order valence-corrected chi connectivity index (χ4v) is 5.57. The van der Waals surface area contributed by atoms with E-state index in [1.165, 1.54) is 17.0 Å². The van der Waals surface area contributed by atoms with Crippen LogP contribution in [0.1, 0.15) is 41.6 Å². The lowest BCUT2D eigenvalue weighted by atomic mass is 9.88. The standard InChI is InChI=1S/C28H31Cl2N3O8/c29-19-9-17(10-20(30)26(19)38)27(39)32-21-8-7-16(23(35)13-34)6-5-15-3-1-2-4-22(15)33(28(21)40)12-24(36)31-18-11-25(37)41-14-18/h1-4,9-10,16,18,21,24,31,34,36,38H,5-8,11-14H2,(H,32,39)/t16?,18-,21-,24?/m0/s1. The summed E-state index contributed by atoms with van der Waals surface area (Å²) < 4.78 is 4.95. The number of β-amino-alcohol motifs (C(OH)–C–C–N with tert-alkyl or cyclic N) is 1. The molecular weight excluding hydrogens is 577 g/mol. The average molecular weight is 608 g/mol. The molecule has 2 amide bonds. The SMILES string of the molecule is O=C1C[C@H](NC(O)CN2C(=O)[C@@H](NC(=O)c3cc(Cl)c(O)c(Cl)c3)CCC(C(=O)CO)CCc3ccccc32)CO1. The summed E-state index contributed by atoms with van der Waals surface area (Å²) in [6, 6.07) is 7.92. The number of ketones is 1. The maximum Gasteiger partial charge on any atom is 0.307 e. The summed E-state index contributed by atoms with van der Waals surface area (Å²) in [4.78, 5) is 52.7. The lowest BCUT2D eigenvalue weighted by Gasteiger charge is -2.33. The predicted molar refractivity (Wildman–Crippen MR) is 150 cm³/mol. The van der Waals surface area contributed by atoms with Gasteiger partial charge in [0.2, 0.25) is 5.91 Å². The molecule has 5 N–H and O–H groups in total. The average Bonchev–Trinajstić information content (AvgIpc) is 3.36. The highest BCUT2D eigenvalue weighted by Gasteiger charge is 2.34. The first kappa shape index (κ1) is 30.7. The highest BCUT2D eigenvalue weighted by atomic mass is 35.5. The van der Waals surface area contributed by atoms with Crippen molar-refractivity contribution in [3.05, 3.63) is 57.6 Å². The van der Waals surface area contributed by atoms with Gasteiger partial charge in [0.05, 0.1) is 29.1 Å². The van der Waals surface area contributed by atoms with Crippen LogP contribution in [0.5, 0.6) is 5.75 Å². The van der Waals surface area contributed by atoms with Crippen molar-refractivity contribution in [2.75, 3.05) is 24.7 Å². The van der Waals surface area contributed by atoms with E-state index in [9.17, 15) is 34.5 Å². The number of phenols is 1. The number of esters is 1. The smallest absolute Gasteiger partial charge is 0.307 e. The second kappa shape index (κ2) is 13.6. The van der Waals surface area contributed by atoms with Gasteiger partial charge < -0.3 is 30.3 Å². The van der Waals surface area contributed by atoms with E-state index in [4.69, 9.17) is 27.9 Å². The number of phenolic OH excluding ortho intramolecular Hbond substituents is 1. The molecule has 2 heterocycles. The molecule has 0 bridgehead atoms. The summed E-state index contributed by atoms with van der Waals surface area (Å²) in [6.45, 7) is -0.751. The molecule has 2 unspecified atom stereocenters. The number of carbonyl (C=O) groups is 4. The lowest BCUT2D eigenvalue weighted by Crippen LogP contribution is -2.54. The number of aryl methyl sites for hydroxylation is 1. The highest BCUT2D eigenvalue weighted by molar-refractivity contribution is 6.37. The Kier molecular flexibility index (Phi) is 10.2. The third-order valence-corrected chi connectivity index (χ3v) is 7.83. The Morgan fingerprint density at radius 3 is 2.46 bits per heavy atom. The van der Waals surface area contributed by atoms with Crippen LogP contribution in [-0.2, 0) is 25.5 Å². The number of rotatable bonds is 8. The van der Waals surface area contributed by atoms with Gasteiger partial charge in [0, 0.05) is 17.2 Å². The summed E-state index contributed by atoms with van der Waals surface area (Å²) in [6.07, 6.45) is -0.0293. The Labute approximate surface area is 246 Å². The quantitative estimate of drug-likeness (QED) is 0.223. The van der Waals surface area contributed by atoms with Gasteiger partial charge in [-0.2, -0.15) is 0 Å².